The van der Waals surface area contributed by atoms with E-state index in [2.05, 4.69) is 16.7 Å². The first-order valence-electron chi connectivity index (χ1n) is 6.10. The van der Waals surface area contributed by atoms with Crippen LogP contribution in [0.25, 0.3) is 0 Å². The van der Waals surface area contributed by atoms with Crippen LogP contribution in [0.4, 0.5) is 18.9 Å². The zero-order chi connectivity index (χ0) is 13.2. The van der Waals surface area contributed by atoms with Crippen LogP contribution in [0.5, 0.6) is 0 Å². The van der Waals surface area contributed by atoms with Crippen LogP contribution < -0.4 is 10.6 Å². The Labute approximate surface area is 105 Å². The van der Waals surface area contributed by atoms with E-state index in [1.165, 1.54) is 5.56 Å². The standard InChI is InChI=1S/C13H17F3N2/c1-9(7-13(14,15)16)18-8-11-4-2-3-10-5-6-17-12(10)11/h2-4,9,17-18H,5-8H2,1H3. The van der Waals surface area contributed by atoms with Gasteiger partial charge >= 0.3 is 6.18 Å². The average Bonchev–Trinajstić information content (AvgIpc) is 2.72. The van der Waals surface area contributed by atoms with Gasteiger partial charge in [-0.2, -0.15) is 13.2 Å². The maximum absolute atomic E-state index is 12.2. The van der Waals surface area contributed by atoms with Crippen LogP contribution in [-0.2, 0) is 13.0 Å². The molecule has 1 aromatic carbocycles. The number of benzene rings is 1. The van der Waals surface area contributed by atoms with Crippen LogP contribution in [0.2, 0.25) is 0 Å². The normalized spacial score (nSPS) is 16.2. The number of hydrogen-bond donors (Lipinski definition) is 2. The summed E-state index contributed by atoms with van der Waals surface area (Å²) in [4.78, 5) is 0. The molecule has 1 aliphatic rings. The van der Waals surface area contributed by atoms with E-state index < -0.39 is 18.6 Å². The van der Waals surface area contributed by atoms with Gasteiger partial charge in [-0.25, -0.2) is 0 Å². The van der Waals surface area contributed by atoms with Crippen molar-refractivity contribution < 1.29 is 13.2 Å². The molecule has 0 aliphatic carbocycles. The molecule has 2 N–H and O–H groups in total. The molecule has 2 rings (SSSR count). The number of alkyl halides is 3. The average molecular weight is 258 g/mol. The van der Waals surface area contributed by atoms with Gasteiger partial charge in [-0.05, 0) is 24.5 Å². The Bertz CT molecular complexity index is 415. The number of fused-ring (bicyclic) bond motifs is 1. The topological polar surface area (TPSA) is 24.1 Å². The fourth-order valence-corrected chi connectivity index (χ4v) is 2.26. The molecule has 1 unspecified atom stereocenters. The van der Waals surface area contributed by atoms with Crippen LogP contribution in [0.1, 0.15) is 24.5 Å². The predicted molar refractivity (Wildman–Crippen MR) is 65.6 cm³/mol. The van der Waals surface area contributed by atoms with E-state index in [4.69, 9.17) is 0 Å². The van der Waals surface area contributed by atoms with Crippen molar-refractivity contribution in [1.82, 2.24) is 5.32 Å². The Morgan fingerprint density at radius 1 is 1.39 bits per heavy atom. The SMILES string of the molecule is CC(CC(F)(F)F)NCc1cccc2c1NCC2. The van der Waals surface area contributed by atoms with Crippen LogP contribution in [0.15, 0.2) is 18.2 Å². The van der Waals surface area contributed by atoms with Crippen molar-refractivity contribution in [3.63, 3.8) is 0 Å². The smallest absolute Gasteiger partial charge is 0.384 e. The van der Waals surface area contributed by atoms with Crippen molar-refractivity contribution in [2.75, 3.05) is 11.9 Å². The minimum absolute atomic E-state index is 0.466. The van der Waals surface area contributed by atoms with Crippen LogP contribution in [0, 0.1) is 0 Å². The minimum Gasteiger partial charge on any atom is -0.384 e. The highest BCUT2D eigenvalue weighted by Crippen LogP contribution is 2.27. The molecule has 0 fully saturated rings. The van der Waals surface area contributed by atoms with Gasteiger partial charge in [0, 0.05) is 24.8 Å². The van der Waals surface area contributed by atoms with Gasteiger partial charge in [0.2, 0.25) is 0 Å². The lowest BCUT2D eigenvalue weighted by Crippen LogP contribution is -2.30. The molecular weight excluding hydrogens is 241 g/mol. The molecular formula is C13H17F3N2. The minimum atomic E-state index is -4.11. The summed E-state index contributed by atoms with van der Waals surface area (Å²) in [5.41, 5.74) is 3.38. The third-order valence-corrected chi connectivity index (χ3v) is 3.11. The van der Waals surface area contributed by atoms with Gasteiger partial charge < -0.3 is 10.6 Å². The molecule has 1 atom stereocenters. The molecule has 0 saturated carbocycles. The van der Waals surface area contributed by atoms with Gasteiger partial charge in [-0.3, -0.25) is 0 Å². The van der Waals surface area contributed by atoms with Crippen molar-refractivity contribution in [2.45, 2.75) is 38.5 Å². The van der Waals surface area contributed by atoms with Gasteiger partial charge in [0.05, 0.1) is 6.42 Å². The van der Waals surface area contributed by atoms with E-state index in [9.17, 15) is 13.2 Å². The first kappa shape index (κ1) is 13.2. The summed E-state index contributed by atoms with van der Waals surface area (Å²) in [5, 5.41) is 6.20. The number of hydrogen-bond acceptors (Lipinski definition) is 2. The molecule has 0 saturated heterocycles. The molecule has 0 radical (unpaired) electrons. The fraction of sp³-hybridized carbons (Fsp3) is 0.538. The molecule has 18 heavy (non-hydrogen) atoms. The van der Waals surface area contributed by atoms with E-state index in [1.807, 2.05) is 12.1 Å². The van der Waals surface area contributed by atoms with Gasteiger partial charge in [-0.1, -0.05) is 18.2 Å². The van der Waals surface area contributed by atoms with E-state index in [0.29, 0.717) is 6.54 Å². The van der Waals surface area contributed by atoms with Crippen molar-refractivity contribution in [3.8, 4) is 0 Å². The van der Waals surface area contributed by atoms with Crippen molar-refractivity contribution in [2.24, 2.45) is 0 Å². The fourth-order valence-electron chi connectivity index (χ4n) is 2.26. The molecule has 0 bridgehead atoms. The summed E-state index contributed by atoms with van der Waals surface area (Å²) in [6.45, 7) is 2.93. The number of rotatable bonds is 4. The van der Waals surface area contributed by atoms with E-state index >= 15 is 0 Å². The second-order valence-electron chi connectivity index (χ2n) is 4.73. The molecule has 1 heterocycles. The Morgan fingerprint density at radius 3 is 2.89 bits per heavy atom. The van der Waals surface area contributed by atoms with E-state index in [1.54, 1.807) is 6.92 Å². The molecule has 1 aromatic rings. The monoisotopic (exact) mass is 258 g/mol. The zero-order valence-corrected chi connectivity index (χ0v) is 10.3. The molecule has 0 spiro atoms. The third kappa shape index (κ3) is 3.38. The Kier molecular flexibility index (Phi) is 3.80. The highest BCUT2D eigenvalue weighted by molar-refractivity contribution is 5.61. The van der Waals surface area contributed by atoms with E-state index in [0.717, 1.165) is 24.2 Å². The van der Waals surface area contributed by atoms with Gasteiger partial charge in [0.25, 0.3) is 0 Å². The van der Waals surface area contributed by atoms with Gasteiger partial charge in [0.15, 0.2) is 0 Å². The lowest BCUT2D eigenvalue weighted by atomic mass is 10.1. The largest absolute Gasteiger partial charge is 0.390 e. The summed E-state index contributed by atoms with van der Waals surface area (Å²) < 4.78 is 36.6. The molecule has 0 aromatic heterocycles. The quantitative estimate of drug-likeness (QED) is 0.867. The maximum atomic E-state index is 12.2. The van der Waals surface area contributed by atoms with Crippen LogP contribution >= 0.6 is 0 Å². The molecule has 5 heteroatoms. The second-order valence-corrected chi connectivity index (χ2v) is 4.73. The Balaban J connectivity index is 1.93. The van der Waals surface area contributed by atoms with Gasteiger partial charge in [-0.15, -0.1) is 0 Å². The number of para-hydroxylation sites is 1. The second kappa shape index (κ2) is 5.18. The number of anilines is 1. The lowest BCUT2D eigenvalue weighted by Gasteiger charge is -2.17. The summed E-state index contributed by atoms with van der Waals surface area (Å²) >= 11 is 0. The summed E-state index contributed by atoms with van der Waals surface area (Å²) in [6.07, 6.45) is -3.92. The Morgan fingerprint density at radius 2 is 2.17 bits per heavy atom. The predicted octanol–water partition coefficient (Wildman–Crippen LogP) is 3.09. The highest BCUT2D eigenvalue weighted by Gasteiger charge is 2.29. The summed E-state index contributed by atoms with van der Waals surface area (Å²) in [7, 11) is 0. The van der Waals surface area contributed by atoms with Gasteiger partial charge in [0.1, 0.15) is 0 Å². The van der Waals surface area contributed by atoms with Crippen molar-refractivity contribution in [1.29, 1.82) is 0 Å². The summed E-state index contributed by atoms with van der Waals surface area (Å²) in [5.74, 6) is 0. The number of halogens is 3. The van der Waals surface area contributed by atoms with Crippen molar-refractivity contribution in [3.05, 3.63) is 29.3 Å². The van der Waals surface area contributed by atoms with Crippen molar-refractivity contribution >= 4 is 5.69 Å². The lowest BCUT2D eigenvalue weighted by molar-refractivity contribution is -0.139. The first-order valence-corrected chi connectivity index (χ1v) is 6.10. The van der Waals surface area contributed by atoms with Crippen LogP contribution in [0.3, 0.4) is 0 Å². The third-order valence-electron chi connectivity index (χ3n) is 3.11. The molecule has 2 nitrogen and oxygen atoms in total. The zero-order valence-electron chi connectivity index (χ0n) is 10.3. The summed E-state index contributed by atoms with van der Waals surface area (Å²) in [6, 6.07) is 5.39. The number of nitrogens with one attached hydrogen (secondary N) is 2. The molecule has 0 amide bonds. The Hall–Kier alpha value is -1.23. The highest BCUT2D eigenvalue weighted by atomic mass is 19.4. The first-order chi connectivity index (χ1) is 8.46. The van der Waals surface area contributed by atoms with E-state index in [-0.39, 0.29) is 0 Å². The maximum Gasteiger partial charge on any atom is 0.390 e. The molecule has 1 aliphatic heterocycles. The van der Waals surface area contributed by atoms with Crippen LogP contribution in [-0.4, -0.2) is 18.8 Å². The molecule has 100 valence electrons.